The van der Waals surface area contributed by atoms with E-state index in [0.29, 0.717) is 0 Å². The number of hydrogen-bond acceptors (Lipinski definition) is 3. The van der Waals surface area contributed by atoms with Crippen LogP contribution in [0.4, 0.5) is 18.9 Å². The number of hydrogen-bond donors (Lipinski definition) is 1. The van der Waals surface area contributed by atoms with Gasteiger partial charge >= 0.3 is 6.18 Å². The summed E-state index contributed by atoms with van der Waals surface area (Å²) in [5, 5.41) is 6.15. The third-order valence-electron chi connectivity index (χ3n) is 3.34. The van der Waals surface area contributed by atoms with Gasteiger partial charge in [-0.15, -0.1) is 0 Å². The Kier molecular flexibility index (Phi) is 3.45. The summed E-state index contributed by atoms with van der Waals surface area (Å²) in [5.41, 5.74) is -1.42. The zero-order valence-corrected chi connectivity index (χ0v) is 10.9. The lowest BCUT2D eigenvalue weighted by molar-refractivity contribution is -0.137. The minimum absolute atomic E-state index is 0.289. The molecule has 1 aromatic rings. The average molecular weight is 286 g/mol. The van der Waals surface area contributed by atoms with E-state index in [1.165, 1.54) is 18.3 Å². The molecule has 2 unspecified atom stereocenters. The molecule has 1 aliphatic rings. The lowest BCUT2D eigenvalue weighted by atomic mass is 9.86. The van der Waals surface area contributed by atoms with E-state index in [1.807, 2.05) is 0 Å². The van der Waals surface area contributed by atoms with Crippen molar-refractivity contribution in [3.63, 3.8) is 0 Å². The smallest absolute Gasteiger partial charge is 0.392 e. The Morgan fingerprint density at radius 3 is 2.40 bits per heavy atom. The standard InChI is InChI=1S/C13H13F3N2O2/c1-8-12(2,7-17-20-8)11(19)18-10-5-3-9(4-6-10)13(14,15)16/h3-8H,1-2H3,(H,18,19). The SMILES string of the molecule is CC1ON=CC1(C)C(=O)Nc1ccc(C(F)(F)F)cc1. The molecule has 1 amide bonds. The zero-order chi connectivity index (χ0) is 15.0. The number of rotatable bonds is 2. The van der Waals surface area contributed by atoms with Crippen LogP contribution in [0.2, 0.25) is 0 Å². The predicted octanol–water partition coefficient (Wildman–Crippen LogP) is 3.05. The second-order valence-electron chi connectivity index (χ2n) is 4.79. The van der Waals surface area contributed by atoms with Gasteiger partial charge in [-0.3, -0.25) is 4.79 Å². The molecule has 0 radical (unpaired) electrons. The van der Waals surface area contributed by atoms with E-state index in [1.54, 1.807) is 13.8 Å². The van der Waals surface area contributed by atoms with Crippen LogP contribution in [-0.4, -0.2) is 18.2 Å². The predicted molar refractivity (Wildman–Crippen MR) is 67.2 cm³/mol. The monoisotopic (exact) mass is 286 g/mol. The fourth-order valence-corrected chi connectivity index (χ4v) is 1.70. The molecule has 0 saturated carbocycles. The van der Waals surface area contributed by atoms with E-state index in [0.717, 1.165) is 12.1 Å². The zero-order valence-electron chi connectivity index (χ0n) is 10.9. The van der Waals surface area contributed by atoms with Gasteiger partial charge in [-0.25, -0.2) is 0 Å². The van der Waals surface area contributed by atoms with E-state index in [4.69, 9.17) is 4.84 Å². The lowest BCUT2D eigenvalue weighted by Gasteiger charge is -2.23. The van der Waals surface area contributed by atoms with Crippen LogP contribution in [0.25, 0.3) is 0 Å². The highest BCUT2D eigenvalue weighted by Gasteiger charge is 2.43. The molecule has 1 N–H and O–H groups in total. The Bertz CT molecular complexity index is 540. The molecule has 7 heteroatoms. The molecule has 0 saturated heterocycles. The van der Waals surface area contributed by atoms with Gasteiger partial charge in [-0.2, -0.15) is 13.2 Å². The number of benzene rings is 1. The Morgan fingerprint density at radius 1 is 1.35 bits per heavy atom. The summed E-state index contributed by atoms with van der Waals surface area (Å²) in [7, 11) is 0. The van der Waals surface area contributed by atoms with Gasteiger partial charge in [0.05, 0.1) is 11.8 Å². The van der Waals surface area contributed by atoms with Crippen molar-refractivity contribution in [1.82, 2.24) is 0 Å². The van der Waals surface area contributed by atoms with Crippen molar-refractivity contribution < 1.29 is 22.8 Å². The molecule has 4 nitrogen and oxygen atoms in total. The molecule has 0 fully saturated rings. The summed E-state index contributed by atoms with van der Waals surface area (Å²) in [5.74, 6) is -0.383. The minimum atomic E-state index is -4.39. The van der Waals surface area contributed by atoms with E-state index in [9.17, 15) is 18.0 Å². The second-order valence-corrected chi connectivity index (χ2v) is 4.79. The maximum absolute atomic E-state index is 12.4. The Hall–Kier alpha value is -2.05. The quantitative estimate of drug-likeness (QED) is 0.908. The van der Waals surface area contributed by atoms with E-state index < -0.39 is 23.3 Å². The molecule has 20 heavy (non-hydrogen) atoms. The first-order chi connectivity index (χ1) is 9.23. The van der Waals surface area contributed by atoms with Crippen molar-refractivity contribution in [3.8, 4) is 0 Å². The van der Waals surface area contributed by atoms with Crippen LogP contribution in [0.3, 0.4) is 0 Å². The number of anilines is 1. The van der Waals surface area contributed by atoms with Crippen molar-refractivity contribution in [3.05, 3.63) is 29.8 Å². The Labute approximate surface area is 113 Å². The van der Waals surface area contributed by atoms with Gasteiger partial charge < -0.3 is 10.2 Å². The maximum atomic E-state index is 12.4. The van der Waals surface area contributed by atoms with Crippen LogP contribution in [0.5, 0.6) is 0 Å². The molecule has 1 aliphatic heterocycles. The second kappa shape index (κ2) is 4.81. The van der Waals surface area contributed by atoms with Crippen LogP contribution in [-0.2, 0) is 15.8 Å². The molecule has 2 atom stereocenters. The molecule has 0 bridgehead atoms. The first-order valence-electron chi connectivity index (χ1n) is 5.92. The van der Waals surface area contributed by atoms with Gasteiger partial charge in [0.1, 0.15) is 11.5 Å². The van der Waals surface area contributed by atoms with Gasteiger partial charge in [-0.1, -0.05) is 5.16 Å². The Balaban J connectivity index is 2.11. The number of nitrogens with one attached hydrogen (secondary N) is 1. The maximum Gasteiger partial charge on any atom is 0.416 e. The highest BCUT2D eigenvalue weighted by molar-refractivity contribution is 6.06. The topological polar surface area (TPSA) is 50.7 Å². The van der Waals surface area contributed by atoms with Crippen molar-refractivity contribution in [2.45, 2.75) is 26.1 Å². The van der Waals surface area contributed by atoms with Gasteiger partial charge in [0.25, 0.3) is 0 Å². The highest BCUT2D eigenvalue weighted by atomic mass is 19.4. The number of amides is 1. The van der Waals surface area contributed by atoms with E-state index in [-0.39, 0.29) is 11.6 Å². The number of oxime groups is 1. The minimum Gasteiger partial charge on any atom is -0.392 e. The third-order valence-corrected chi connectivity index (χ3v) is 3.34. The van der Waals surface area contributed by atoms with E-state index in [2.05, 4.69) is 10.5 Å². The van der Waals surface area contributed by atoms with Gasteiger partial charge in [-0.05, 0) is 38.1 Å². The molecular weight excluding hydrogens is 273 g/mol. The molecule has 1 aromatic carbocycles. The van der Waals surface area contributed by atoms with Crippen LogP contribution in [0, 0.1) is 5.41 Å². The fourth-order valence-electron chi connectivity index (χ4n) is 1.70. The largest absolute Gasteiger partial charge is 0.416 e. The number of halogens is 3. The van der Waals surface area contributed by atoms with Crippen LogP contribution in [0.1, 0.15) is 19.4 Å². The summed E-state index contributed by atoms with van der Waals surface area (Å²) < 4.78 is 37.3. The van der Waals surface area contributed by atoms with E-state index >= 15 is 0 Å². The fraction of sp³-hybridized carbons (Fsp3) is 0.385. The van der Waals surface area contributed by atoms with Crippen molar-refractivity contribution in [2.75, 3.05) is 5.32 Å². The van der Waals surface area contributed by atoms with Crippen LogP contribution in [0.15, 0.2) is 29.4 Å². The summed E-state index contributed by atoms with van der Waals surface area (Å²) >= 11 is 0. The molecule has 0 aliphatic carbocycles. The summed E-state index contributed by atoms with van der Waals surface area (Å²) in [4.78, 5) is 17.1. The summed E-state index contributed by atoms with van der Waals surface area (Å²) in [6.45, 7) is 3.34. The summed E-state index contributed by atoms with van der Waals surface area (Å²) in [6, 6.07) is 4.25. The molecular formula is C13H13F3N2O2. The van der Waals surface area contributed by atoms with Crippen molar-refractivity contribution >= 4 is 17.8 Å². The van der Waals surface area contributed by atoms with Gasteiger partial charge in [0.2, 0.25) is 5.91 Å². The van der Waals surface area contributed by atoms with Gasteiger partial charge in [0, 0.05) is 5.69 Å². The van der Waals surface area contributed by atoms with Crippen LogP contribution < -0.4 is 5.32 Å². The summed E-state index contributed by atoms with van der Waals surface area (Å²) in [6.07, 6.45) is -3.44. The average Bonchev–Trinajstić information content (AvgIpc) is 2.70. The molecule has 1 heterocycles. The first-order valence-corrected chi connectivity index (χ1v) is 5.92. The normalized spacial score (nSPS) is 25.4. The number of carbonyl (C=O) groups excluding carboxylic acids is 1. The lowest BCUT2D eigenvalue weighted by Crippen LogP contribution is -2.41. The third kappa shape index (κ3) is 2.61. The molecule has 2 rings (SSSR count). The first kappa shape index (κ1) is 14.4. The van der Waals surface area contributed by atoms with Crippen molar-refractivity contribution in [2.24, 2.45) is 10.6 Å². The van der Waals surface area contributed by atoms with Crippen molar-refractivity contribution in [1.29, 1.82) is 0 Å². The molecule has 0 spiro atoms. The number of alkyl halides is 3. The molecule has 0 aromatic heterocycles. The molecule has 108 valence electrons. The number of nitrogens with zero attached hydrogens (tertiary/aromatic N) is 1. The Morgan fingerprint density at radius 2 is 1.95 bits per heavy atom. The van der Waals surface area contributed by atoms with Gasteiger partial charge in [0.15, 0.2) is 0 Å². The highest BCUT2D eigenvalue weighted by Crippen LogP contribution is 2.31. The number of carbonyl (C=O) groups is 1. The van der Waals surface area contributed by atoms with Crippen LogP contribution >= 0.6 is 0 Å².